The van der Waals surface area contributed by atoms with E-state index in [1.54, 1.807) is 0 Å². The van der Waals surface area contributed by atoms with Gasteiger partial charge in [-0.3, -0.25) is 0 Å². The van der Waals surface area contributed by atoms with Gasteiger partial charge in [-0.15, -0.1) is 0 Å². The van der Waals surface area contributed by atoms with Crippen molar-refractivity contribution in [2.45, 2.75) is 19.4 Å². The third kappa shape index (κ3) is 4.22. The topological polar surface area (TPSA) is 68.2 Å². The number of nitrogens with one attached hydrogen (secondary N) is 2. The van der Waals surface area contributed by atoms with E-state index >= 15 is 0 Å². The summed E-state index contributed by atoms with van der Waals surface area (Å²) in [5, 5.41) is 5.88. The molecule has 0 saturated heterocycles. The van der Waals surface area contributed by atoms with Crippen LogP contribution >= 0.6 is 0 Å². The molecule has 1 aliphatic heterocycles. The predicted molar refractivity (Wildman–Crippen MR) is 105 cm³/mol. The van der Waals surface area contributed by atoms with Gasteiger partial charge in [0.05, 0.1) is 24.0 Å². The Bertz CT molecular complexity index is 921. The average Bonchev–Trinajstić information content (AvgIpc) is 3.13. The lowest BCUT2D eigenvalue weighted by molar-refractivity contribution is 0.211. The number of amides is 2. The number of hydrogen-bond donors (Lipinski definition) is 2. The second-order valence-corrected chi connectivity index (χ2v) is 6.91. The fourth-order valence-corrected chi connectivity index (χ4v) is 3.46. The van der Waals surface area contributed by atoms with E-state index in [0.29, 0.717) is 25.6 Å². The van der Waals surface area contributed by atoms with E-state index in [1.165, 1.54) is 5.56 Å². The minimum Gasteiger partial charge on any atom is -0.493 e. The first kappa shape index (κ1) is 17.4. The molecule has 6 heteroatoms. The zero-order chi connectivity index (χ0) is 18.5. The molecule has 0 unspecified atom stereocenters. The maximum atomic E-state index is 12.0. The minimum atomic E-state index is -0.121. The van der Waals surface area contributed by atoms with E-state index in [4.69, 9.17) is 4.74 Å². The Hall–Kier alpha value is -3.02. The highest BCUT2D eigenvalue weighted by Gasteiger charge is 2.19. The summed E-state index contributed by atoms with van der Waals surface area (Å²) in [5.74, 6) is 1.27. The molecule has 140 valence electrons. The Kier molecular flexibility index (Phi) is 5.23. The fraction of sp³-hybridized carbons (Fsp3) is 0.333. The number of para-hydroxylation sites is 3. The molecular formula is C21H24N4O2. The van der Waals surface area contributed by atoms with Crippen molar-refractivity contribution in [3.05, 3.63) is 60.4 Å². The zero-order valence-corrected chi connectivity index (χ0v) is 15.2. The summed E-state index contributed by atoms with van der Waals surface area (Å²) in [4.78, 5) is 16.4. The number of carbonyl (C=O) groups is 1. The van der Waals surface area contributed by atoms with Gasteiger partial charge in [0.15, 0.2) is 0 Å². The van der Waals surface area contributed by atoms with Crippen molar-refractivity contribution in [2.24, 2.45) is 5.92 Å². The largest absolute Gasteiger partial charge is 0.493 e. The van der Waals surface area contributed by atoms with Crippen LogP contribution in [0.4, 0.5) is 4.79 Å². The lowest BCUT2D eigenvalue weighted by Crippen LogP contribution is -2.41. The van der Waals surface area contributed by atoms with Gasteiger partial charge >= 0.3 is 6.03 Å². The molecule has 2 heterocycles. The van der Waals surface area contributed by atoms with E-state index in [9.17, 15) is 4.79 Å². The first-order valence-corrected chi connectivity index (χ1v) is 9.42. The standard InChI is InChI=1S/C21H24N4O2/c26-21(23-13-16-12-17-6-1-4-9-20(17)27-14-16)22-10-5-11-25-15-24-18-7-2-3-8-19(18)25/h1-4,6-9,15-16H,5,10-14H2,(H2,22,23,26)/t16-/m1/s1. The Labute approximate surface area is 158 Å². The number of aromatic nitrogens is 2. The molecule has 4 rings (SSSR count). The maximum absolute atomic E-state index is 12.0. The summed E-state index contributed by atoms with van der Waals surface area (Å²) < 4.78 is 7.88. The smallest absolute Gasteiger partial charge is 0.314 e. The molecule has 0 spiro atoms. The Morgan fingerprint density at radius 1 is 1.15 bits per heavy atom. The summed E-state index contributed by atoms with van der Waals surface area (Å²) in [7, 11) is 0. The van der Waals surface area contributed by atoms with Crippen LogP contribution in [-0.2, 0) is 13.0 Å². The van der Waals surface area contributed by atoms with Crippen LogP contribution in [0.25, 0.3) is 11.0 Å². The summed E-state index contributed by atoms with van der Waals surface area (Å²) in [6, 6.07) is 16.0. The Balaban J connectivity index is 1.16. The number of aryl methyl sites for hydroxylation is 1. The molecule has 1 aromatic heterocycles. The average molecular weight is 364 g/mol. The minimum absolute atomic E-state index is 0.121. The van der Waals surface area contributed by atoms with Gasteiger partial charge < -0.3 is 19.9 Å². The molecular weight excluding hydrogens is 340 g/mol. The van der Waals surface area contributed by atoms with Gasteiger partial charge in [0.1, 0.15) is 5.75 Å². The Morgan fingerprint density at radius 3 is 2.96 bits per heavy atom. The monoisotopic (exact) mass is 364 g/mol. The SMILES string of the molecule is O=C(NCCCn1cnc2ccccc21)NC[C@@H]1COc2ccccc2C1. The van der Waals surface area contributed by atoms with Crippen molar-refractivity contribution >= 4 is 17.1 Å². The highest BCUT2D eigenvalue weighted by Crippen LogP contribution is 2.26. The molecule has 0 saturated carbocycles. The number of hydrogen-bond acceptors (Lipinski definition) is 3. The van der Waals surface area contributed by atoms with Crippen LogP contribution in [0.3, 0.4) is 0 Å². The van der Waals surface area contributed by atoms with Gasteiger partial charge in [-0.1, -0.05) is 30.3 Å². The lowest BCUT2D eigenvalue weighted by atomic mass is 9.97. The highest BCUT2D eigenvalue weighted by atomic mass is 16.5. The molecule has 6 nitrogen and oxygen atoms in total. The van der Waals surface area contributed by atoms with Crippen molar-refractivity contribution in [2.75, 3.05) is 19.7 Å². The van der Waals surface area contributed by atoms with Crippen LogP contribution in [0.15, 0.2) is 54.9 Å². The fourth-order valence-electron chi connectivity index (χ4n) is 3.46. The molecule has 2 N–H and O–H groups in total. The summed E-state index contributed by atoms with van der Waals surface area (Å²) in [6.45, 7) is 2.72. The van der Waals surface area contributed by atoms with Gasteiger partial charge in [0.2, 0.25) is 0 Å². The number of carbonyl (C=O) groups excluding carboxylic acids is 1. The first-order chi connectivity index (χ1) is 13.3. The number of fused-ring (bicyclic) bond motifs is 2. The van der Waals surface area contributed by atoms with Crippen molar-refractivity contribution in [3.63, 3.8) is 0 Å². The lowest BCUT2D eigenvalue weighted by Gasteiger charge is -2.25. The van der Waals surface area contributed by atoms with E-state index in [1.807, 2.05) is 42.7 Å². The first-order valence-electron chi connectivity index (χ1n) is 9.42. The second kappa shape index (κ2) is 8.12. The highest BCUT2D eigenvalue weighted by molar-refractivity contribution is 5.75. The summed E-state index contributed by atoms with van der Waals surface area (Å²) in [5.41, 5.74) is 3.34. The predicted octanol–water partition coefficient (Wildman–Crippen LogP) is 2.98. The maximum Gasteiger partial charge on any atom is 0.314 e. The van der Waals surface area contributed by atoms with Gasteiger partial charge in [-0.05, 0) is 36.6 Å². The third-order valence-electron chi connectivity index (χ3n) is 4.90. The van der Waals surface area contributed by atoms with E-state index in [2.05, 4.69) is 32.3 Å². The van der Waals surface area contributed by atoms with Gasteiger partial charge in [0.25, 0.3) is 0 Å². The van der Waals surface area contributed by atoms with Crippen LogP contribution in [0.5, 0.6) is 5.75 Å². The number of urea groups is 1. The van der Waals surface area contributed by atoms with Gasteiger partial charge in [-0.2, -0.15) is 0 Å². The van der Waals surface area contributed by atoms with Crippen molar-refractivity contribution in [3.8, 4) is 5.75 Å². The van der Waals surface area contributed by atoms with Gasteiger partial charge in [0, 0.05) is 25.6 Å². The number of imidazole rings is 1. The van der Waals surface area contributed by atoms with E-state index in [-0.39, 0.29) is 6.03 Å². The zero-order valence-electron chi connectivity index (χ0n) is 15.2. The number of benzene rings is 2. The van der Waals surface area contributed by atoms with Crippen LogP contribution in [0, 0.1) is 5.92 Å². The van der Waals surface area contributed by atoms with Crippen LogP contribution in [-0.4, -0.2) is 35.3 Å². The van der Waals surface area contributed by atoms with Crippen molar-refractivity contribution < 1.29 is 9.53 Å². The summed E-state index contributed by atoms with van der Waals surface area (Å²) >= 11 is 0. The Morgan fingerprint density at radius 2 is 2.00 bits per heavy atom. The molecule has 0 bridgehead atoms. The van der Waals surface area contributed by atoms with Crippen LogP contribution < -0.4 is 15.4 Å². The molecule has 27 heavy (non-hydrogen) atoms. The normalized spacial score (nSPS) is 15.8. The molecule has 3 aromatic rings. The number of ether oxygens (including phenoxy) is 1. The summed E-state index contributed by atoms with van der Waals surface area (Å²) in [6.07, 6.45) is 3.64. The van der Waals surface area contributed by atoms with Crippen molar-refractivity contribution in [1.82, 2.24) is 20.2 Å². The quantitative estimate of drug-likeness (QED) is 0.661. The molecule has 0 fully saturated rings. The molecule has 2 aromatic carbocycles. The van der Waals surface area contributed by atoms with E-state index in [0.717, 1.165) is 36.2 Å². The molecule has 2 amide bonds. The molecule has 0 radical (unpaired) electrons. The van der Waals surface area contributed by atoms with Crippen LogP contribution in [0.2, 0.25) is 0 Å². The number of rotatable bonds is 6. The third-order valence-corrected chi connectivity index (χ3v) is 4.90. The number of nitrogens with zero attached hydrogens (tertiary/aromatic N) is 2. The molecule has 1 atom stereocenters. The second-order valence-electron chi connectivity index (χ2n) is 6.91. The molecule has 1 aliphatic rings. The molecule has 0 aliphatic carbocycles. The van der Waals surface area contributed by atoms with Gasteiger partial charge in [-0.25, -0.2) is 9.78 Å². The van der Waals surface area contributed by atoms with Crippen LogP contribution in [0.1, 0.15) is 12.0 Å². The van der Waals surface area contributed by atoms with Crippen molar-refractivity contribution in [1.29, 1.82) is 0 Å². The van der Waals surface area contributed by atoms with E-state index < -0.39 is 0 Å².